The minimum atomic E-state index is -3.78. The van der Waals surface area contributed by atoms with Gasteiger partial charge in [0.2, 0.25) is 20.0 Å². The summed E-state index contributed by atoms with van der Waals surface area (Å²) in [7, 11) is -7.54. The Kier molecular flexibility index (Phi) is 17.1. The van der Waals surface area contributed by atoms with Crippen LogP contribution in [0, 0.1) is 0 Å². The summed E-state index contributed by atoms with van der Waals surface area (Å²) < 4.78 is 54.0. The van der Waals surface area contributed by atoms with Crippen molar-refractivity contribution in [3.63, 3.8) is 0 Å². The molecule has 0 aromatic heterocycles. The van der Waals surface area contributed by atoms with Gasteiger partial charge in [-0.25, -0.2) is 26.3 Å². The van der Waals surface area contributed by atoms with E-state index >= 15 is 0 Å². The molecule has 0 heterocycles. The van der Waals surface area contributed by atoms with E-state index in [1.165, 1.54) is 30.3 Å². The summed E-state index contributed by atoms with van der Waals surface area (Å²) in [4.78, 5) is -0.170. The van der Waals surface area contributed by atoms with E-state index in [0.29, 0.717) is 16.8 Å². The van der Waals surface area contributed by atoms with Crippen molar-refractivity contribution in [2.45, 2.75) is 69.5 Å². The van der Waals surface area contributed by atoms with Crippen LogP contribution in [0.1, 0.15) is 41.5 Å². The van der Waals surface area contributed by atoms with Gasteiger partial charge in [-0.1, -0.05) is 110 Å². The summed E-state index contributed by atoms with van der Waals surface area (Å²) in [6.07, 6.45) is 0. The Morgan fingerprint density at radius 3 is 1.36 bits per heavy atom. The number of benzene rings is 6. The number of phenolic OH excluding ortho intramolecular Hbond substituents is 1. The average Bonchev–Trinajstić information content (AvgIpc) is 3.14. The van der Waals surface area contributed by atoms with Crippen LogP contribution in [0.4, 0.5) is 22.7 Å². The predicted molar refractivity (Wildman–Crippen MR) is 219 cm³/mol. The van der Waals surface area contributed by atoms with Crippen molar-refractivity contribution < 1.29 is 54.6 Å². The zero-order valence-corrected chi connectivity index (χ0v) is 35.9. The molecule has 0 aliphatic heterocycles. The van der Waals surface area contributed by atoms with E-state index in [-0.39, 0.29) is 73.5 Å². The Labute approximate surface area is 354 Å². The normalized spacial score (nSPS) is 11.8. The fourth-order valence-electron chi connectivity index (χ4n) is 5.14. The summed E-state index contributed by atoms with van der Waals surface area (Å²) in [5.41, 5.74) is 5.13. The monoisotopic (exact) mass is 878 g/mol. The van der Waals surface area contributed by atoms with Gasteiger partial charge in [-0.15, -0.1) is 5.11 Å². The molecule has 59 heavy (non-hydrogen) atoms. The molecule has 15 nitrogen and oxygen atoms in total. The molecule has 309 valence electrons. The molecule has 6 aromatic rings. The first-order chi connectivity index (χ1) is 27.3. The van der Waals surface area contributed by atoms with Crippen LogP contribution in [0.15, 0.2) is 139 Å². The predicted octanol–water partition coefficient (Wildman–Crippen LogP) is 7.16. The van der Waals surface area contributed by atoms with Crippen molar-refractivity contribution in [3.8, 4) is 23.0 Å². The molecule has 0 aliphatic carbocycles. The fourth-order valence-corrected chi connectivity index (χ4v) is 7.68. The molecule has 0 fully saturated rings. The van der Waals surface area contributed by atoms with Crippen molar-refractivity contribution in [1.29, 1.82) is 0 Å². The molecule has 0 amide bonds. The maximum Gasteiger partial charge on any atom is 3.00 e. The maximum atomic E-state index is 12.3. The summed E-state index contributed by atoms with van der Waals surface area (Å²) >= 11 is 0. The fraction of sp³-hybridized carbons (Fsp3) is 0.220. The molecule has 6 rings (SSSR count). The van der Waals surface area contributed by atoms with Gasteiger partial charge in [0.1, 0.15) is 11.4 Å². The third-order valence-electron chi connectivity index (χ3n) is 7.52. The zero-order valence-electron chi connectivity index (χ0n) is 33.0. The molecule has 0 aliphatic rings. The van der Waals surface area contributed by atoms with Crippen LogP contribution in [0.25, 0.3) is 21.5 Å². The Morgan fingerprint density at radius 2 is 0.915 bits per heavy atom. The van der Waals surface area contributed by atoms with E-state index in [1.54, 1.807) is 64.1 Å². The molecule has 0 saturated carbocycles. The van der Waals surface area contributed by atoms with Crippen LogP contribution >= 0.6 is 0 Å². The number of nitrogens with one attached hydrogen (secondary N) is 2. The van der Waals surface area contributed by atoms with Crippen LogP contribution in [0.2, 0.25) is 0 Å². The van der Waals surface area contributed by atoms with E-state index < -0.39 is 31.5 Å². The number of aromatic hydroxyl groups is 1. The Balaban J connectivity index is 0.000000285. The molecule has 0 atom stereocenters. The van der Waals surface area contributed by atoms with E-state index in [4.69, 9.17) is 5.73 Å². The van der Waals surface area contributed by atoms with Crippen LogP contribution < -0.4 is 30.5 Å². The molecule has 0 unspecified atom stereocenters. The number of azo groups is 2. The van der Waals surface area contributed by atoms with Crippen molar-refractivity contribution in [2.75, 3.05) is 0 Å². The van der Waals surface area contributed by atoms with Gasteiger partial charge in [-0.05, 0) is 74.8 Å². The molecule has 1 radical (unpaired) electrons. The summed E-state index contributed by atoms with van der Waals surface area (Å²) in [5, 5.41) is 65.0. The third kappa shape index (κ3) is 13.3. The Bertz CT molecular complexity index is 2490. The molecule has 6 aromatic carbocycles. The second kappa shape index (κ2) is 21.0. The first-order valence-electron chi connectivity index (χ1n) is 17.9. The van der Waals surface area contributed by atoms with Gasteiger partial charge in [0.05, 0.1) is 26.9 Å². The quantitative estimate of drug-likeness (QED) is 0.102. The number of hydrogen-bond acceptors (Lipinski definition) is 13. The standard InChI is InChI=1S/2C19H19N3O4S.C3H9N.Cr/c2*1-12(2)22-27(25,26)14-8-10-17(23)16(11-14)20-21-19-15-6-4-3-5-13(15)7-9-18(19)24;1-3(2)4;/h2*3-12,22-24H,1-2H3;3H,4H2,1-2H3;/q;;;+3/p-3. The number of nitrogens with two attached hydrogens (primary N) is 1. The average molecular weight is 879 g/mol. The van der Waals surface area contributed by atoms with E-state index in [1.807, 2.05) is 38.1 Å². The first kappa shape index (κ1) is 47.9. The van der Waals surface area contributed by atoms with Crippen molar-refractivity contribution in [2.24, 2.45) is 26.2 Å². The van der Waals surface area contributed by atoms with E-state index in [9.17, 15) is 37.3 Å². The zero-order chi connectivity index (χ0) is 42.8. The number of sulfonamides is 2. The number of phenols is 1. The molecular weight excluding hydrogens is 835 g/mol. The topological polar surface area (TPSA) is 257 Å². The molecule has 5 N–H and O–H groups in total. The summed E-state index contributed by atoms with van der Waals surface area (Å²) in [5.74, 6) is -1.39. The van der Waals surface area contributed by atoms with Crippen molar-refractivity contribution in [3.05, 3.63) is 109 Å². The van der Waals surface area contributed by atoms with Gasteiger partial charge >= 0.3 is 17.4 Å². The van der Waals surface area contributed by atoms with Crippen molar-refractivity contribution >= 4 is 64.3 Å². The largest absolute Gasteiger partial charge is 3.00 e. The van der Waals surface area contributed by atoms with Gasteiger partial charge in [0.15, 0.2) is 0 Å². The smallest absolute Gasteiger partial charge is 0.871 e. The Hall–Kier alpha value is -5.45. The second-order valence-corrected chi connectivity index (χ2v) is 17.2. The van der Waals surface area contributed by atoms with Gasteiger partial charge in [0.25, 0.3) is 0 Å². The molecule has 0 saturated heterocycles. The number of fused-ring (bicyclic) bond motifs is 2. The molecule has 0 spiro atoms. The van der Waals surface area contributed by atoms with Crippen LogP contribution in [0.3, 0.4) is 0 Å². The third-order valence-corrected chi connectivity index (χ3v) is 10.8. The van der Waals surface area contributed by atoms with E-state index in [2.05, 4.69) is 29.9 Å². The van der Waals surface area contributed by atoms with Crippen LogP contribution in [-0.4, -0.2) is 40.1 Å². The molecular formula is C41H44CrN7O8S2. The van der Waals surface area contributed by atoms with Crippen LogP contribution in [0.5, 0.6) is 23.0 Å². The number of rotatable bonds is 10. The van der Waals surface area contributed by atoms with Gasteiger partial charge in [-0.3, -0.25) is 0 Å². The van der Waals surface area contributed by atoms with Crippen molar-refractivity contribution in [1.82, 2.24) is 9.44 Å². The second-order valence-electron chi connectivity index (χ2n) is 13.7. The van der Waals surface area contributed by atoms with Gasteiger partial charge < -0.3 is 26.2 Å². The minimum absolute atomic E-state index is 0. The number of nitrogens with zero attached hydrogens (tertiary/aromatic N) is 4. The SMILES string of the molecule is CC(C)N.CC(C)NS(=O)(=O)c1ccc([O-])c(N=Nc2c(O)ccc3ccccc23)c1.CC(C)NS(=O)(=O)c1ccc([O-])c(N=Nc2c([O-])ccc3ccccc23)c1.[Cr+3]. The summed E-state index contributed by atoms with van der Waals surface area (Å²) in [6, 6.07) is 27.5. The minimum Gasteiger partial charge on any atom is -0.871 e. The van der Waals surface area contributed by atoms with Gasteiger partial charge in [-0.2, -0.15) is 15.3 Å². The first-order valence-corrected chi connectivity index (χ1v) is 20.9. The van der Waals surface area contributed by atoms with E-state index in [0.717, 1.165) is 29.0 Å². The Morgan fingerprint density at radius 1 is 0.542 bits per heavy atom. The summed E-state index contributed by atoms with van der Waals surface area (Å²) in [6.45, 7) is 10.7. The molecule has 18 heteroatoms. The maximum absolute atomic E-state index is 12.3. The molecule has 0 bridgehead atoms. The number of hydrogen-bond donors (Lipinski definition) is 4. The van der Waals surface area contributed by atoms with Crippen LogP contribution in [-0.2, 0) is 37.4 Å². The van der Waals surface area contributed by atoms with Gasteiger partial charge in [0, 0.05) is 22.9 Å².